The Labute approximate surface area is 148 Å². The zero-order valence-corrected chi connectivity index (χ0v) is 13.9. The van der Waals surface area contributed by atoms with Gasteiger partial charge in [0.15, 0.2) is 6.61 Å². The zero-order chi connectivity index (χ0) is 19.1. The maximum Gasteiger partial charge on any atom is 0.325 e. The fraction of sp³-hybridized carbons (Fsp3) is 0.167. The molecule has 0 fully saturated rings. The van der Waals surface area contributed by atoms with Crippen LogP contribution in [-0.2, 0) is 9.53 Å². The van der Waals surface area contributed by atoms with Crippen molar-refractivity contribution in [2.24, 2.45) is 0 Å². The number of carbonyl (C=O) groups excluding carboxylic acids is 3. The maximum atomic E-state index is 11.9. The Balaban J connectivity index is 1.82. The van der Waals surface area contributed by atoms with Gasteiger partial charge in [0.2, 0.25) is 5.78 Å². The van der Waals surface area contributed by atoms with Crippen LogP contribution in [-0.4, -0.2) is 35.7 Å². The molecular formula is C18H16N2O6. The summed E-state index contributed by atoms with van der Waals surface area (Å²) in [5, 5.41) is 13.1. The van der Waals surface area contributed by atoms with E-state index >= 15 is 0 Å². The molecular weight excluding hydrogens is 340 g/mol. The van der Waals surface area contributed by atoms with Crippen molar-refractivity contribution in [3.05, 3.63) is 75.3 Å². The Kier molecular flexibility index (Phi) is 6.15. The quantitative estimate of drug-likeness (QED) is 0.351. The third-order valence-electron chi connectivity index (χ3n) is 3.45. The Morgan fingerprint density at radius 1 is 1.08 bits per heavy atom. The number of aryl methyl sites for hydroxylation is 1. The number of esters is 1. The molecule has 2 rings (SSSR count). The highest BCUT2D eigenvalue weighted by atomic mass is 16.6. The molecule has 8 nitrogen and oxygen atoms in total. The van der Waals surface area contributed by atoms with Crippen molar-refractivity contribution in [2.45, 2.75) is 6.92 Å². The molecule has 0 unspecified atom stereocenters. The number of ketones is 1. The Morgan fingerprint density at radius 3 is 2.42 bits per heavy atom. The van der Waals surface area contributed by atoms with E-state index in [1.807, 2.05) is 6.92 Å². The summed E-state index contributed by atoms with van der Waals surface area (Å²) in [6.45, 7) is 0.923. The predicted molar refractivity (Wildman–Crippen MR) is 91.9 cm³/mol. The van der Waals surface area contributed by atoms with Crippen LogP contribution in [0.3, 0.4) is 0 Å². The van der Waals surface area contributed by atoms with Crippen LogP contribution in [0.25, 0.3) is 0 Å². The van der Waals surface area contributed by atoms with E-state index in [0.29, 0.717) is 5.56 Å². The lowest BCUT2D eigenvalue weighted by Crippen LogP contribution is -2.31. The number of non-ortho nitro benzene ring substituents is 1. The molecule has 0 bridgehead atoms. The highest BCUT2D eigenvalue weighted by Gasteiger charge is 2.14. The molecule has 0 atom stereocenters. The van der Waals surface area contributed by atoms with Crippen LogP contribution >= 0.6 is 0 Å². The van der Waals surface area contributed by atoms with Crippen molar-refractivity contribution in [1.29, 1.82) is 0 Å². The first kappa shape index (κ1) is 18.8. The normalized spacial score (nSPS) is 10.0. The largest absolute Gasteiger partial charge is 0.456 e. The highest BCUT2D eigenvalue weighted by Crippen LogP contribution is 2.13. The molecule has 0 heterocycles. The second kappa shape index (κ2) is 8.52. The first-order valence-electron chi connectivity index (χ1n) is 7.65. The van der Waals surface area contributed by atoms with Gasteiger partial charge in [0.25, 0.3) is 11.6 Å². The van der Waals surface area contributed by atoms with Crippen molar-refractivity contribution in [1.82, 2.24) is 5.32 Å². The van der Waals surface area contributed by atoms with E-state index in [9.17, 15) is 24.5 Å². The molecule has 0 aliphatic heterocycles. The average molecular weight is 356 g/mol. The van der Waals surface area contributed by atoms with Gasteiger partial charge < -0.3 is 10.1 Å². The van der Waals surface area contributed by atoms with Gasteiger partial charge in [0.1, 0.15) is 6.54 Å². The molecule has 0 spiro atoms. The zero-order valence-electron chi connectivity index (χ0n) is 13.9. The van der Waals surface area contributed by atoms with Crippen molar-refractivity contribution >= 4 is 23.3 Å². The van der Waals surface area contributed by atoms with Gasteiger partial charge in [-0.1, -0.05) is 29.8 Å². The molecule has 0 saturated heterocycles. The van der Waals surface area contributed by atoms with Crippen LogP contribution in [0.5, 0.6) is 0 Å². The van der Waals surface area contributed by atoms with Gasteiger partial charge in [-0.15, -0.1) is 0 Å². The van der Waals surface area contributed by atoms with Crippen LogP contribution in [0, 0.1) is 17.0 Å². The summed E-state index contributed by atoms with van der Waals surface area (Å²) in [4.78, 5) is 45.5. The van der Waals surface area contributed by atoms with E-state index < -0.39 is 35.7 Å². The van der Waals surface area contributed by atoms with Crippen molar-refractivity contribution in [3.63, 3.8) is 0 Å². The van der Waals surface area contributed by atoms with E-state index in [1.165, 1.54) is 18.2 Å². The molecule has 134 valence electrons. The number of Topliss-reactive ketones (excluding diaryl/α,β-unsaturated/α-hetero) is 1. The van der Waals surface area contributed by atoms with Gasteiger partial charge >= 0.3 is 5.97 Å². The van der Waals surface area contributed by atoms with Gasteiger partial charge in [0, 0.05) is 23.3 Å². The van der Waals surface area contributed by atoms with Crippen LogP contribution in [0.15, 0.2) is 48.5 Å². The maximum absolute atomic E-state index is 11.9. The van der Waals surface area contributed by atoms with E-state index in [2.05, 4.69) is 5.32 Å². The number of nitrogens with zero attached hydrogens (tertiary/aromatic N) is 1. The summed E-state index contributed by atoms with van der Waals surface area (Å²) < 4.78 is 4.79. The topological polar surface area (TPSA) is 116 Å². The minimum atomic E-state index is -0.788. The van der Waals surface area contributed by atoms with Crippen LogP contribution in [0.2, 0.25) is 0 Å². The second-order valence-corrected chi connectivity index (χ2v) is 5.44. The van der Waals surface area contributed by atoms with Crippen molar-refractivity contribution in [2.75, 3.05) is 13.2 Å². The average Bonchev–Trinajstić information content (AvgIpc) is 2.64. The van der Waals surface area contributed by atoms with E-state index in [1.54, 1.807) is 24.3 Å². The molecule has 1 amide bonds. The van der Waals surface area contributed by atoms with E-state index in [4.69, 9.17) is 4.74 Å². The lowest BCUT2D eigenvalue weighted by molar-refractivity contribution is -0.384. The molecule has 0 saturated carbocycles. The Hall–Kier alpha value is -3.55. The standard InChI is InChI=1S/C18H16N2O6/c1-12-5-7-13(8-6-12)18(23)19-10-17(22)26-11-16(21)14-3-2-4-15(9-14)20(24)25/h2-9H,10-11H2,1H3,(H,19,23). The summed E-state index contributed by atoms with van der Waals surface area (Å²) in [5.41, 5.74) is 1.24. The second-order valence-electron chi connectivity index (χ2n) is 5.44. The number of benzene rings is 2. The lowest BCUT2D eigenvalue weighted by atomic mass is 10.1. The monoisotopic (exact) mass is 356 g/mol. The Bertz CT molecular complexity index is 845. The predicted octanol–water partition coefficient (Wildman–Crippen LogP) is 2.06. The minimum absolute atomic E-state index is 0.0655. The molecule has 2 aromatic rings. The third-order valence-corrected chi connectivity index (χ3v) is 3.45. The van der Waals surface area contributed by atoms with Gasteiger partial charge in [-0.3, -0.25) is 24.5 Å². The number of carbonyl (C=O) groups is 3. The summed E-state index contributed by atoms with van der Waals surface area (Å²) in [6.07, 6.45) is 0. The first-order valence-corrected chi connectivity index (χ1v) is 7.65. The van der Waals surface area contributed by atoms with Crippen LogP contribution in [0.1, 0.15) is 26.3 Å². The number of ether oxygens (including phenoxy) is 1. The lowest BCUT2D eigenvalue weighted by Gasteiger charge is -2.06. The van der Waals surface area contributed by atoms with E-state index in [-0.39, 0.29) is 11.3 Å². The molecule has 8 heteroatoms. The molecule has 1 N–H and O–H groups in total. The molecule has 0 aliphatic rings. The number of nitrogens with one attached hydrogen (secondary N) is 1. The number of amides is 1. The summed E-state index contributed by atoms with van der Waals surface area (Å²) in [7, 11) is 0. The third kappa shape index (κ3) is 5.23. The van der Waals surface area contributed by atoms with Crippen LogP contribution < -0.4 is 5.32 Å². The smallest absolute Gasteiger partial charge is 0.325 e. The van der Waals surface area contributed by atoms with Crippen molar-refractivity contribution in [3.8, 4) is 0 Å². The highest BCUT2D eigenvalue weighted by molar-refractivity contribution is 5.99. The van der Waals surface area contributed by atoms with E-state index in [0.717, 1.165) is 11.6 Å². The fourth-order valence-electron chi connectivity index (χ4n) is 2.03. The van der Waals surface area contributed by atoms with Gasteiger partial charge in [-0.25, -0.2) is 0 Å². The number of hydrogen-bond acceptors (Lipinski definition) is 6. The molecule has 2 aromatic carbocycles. The first-order chi connectivity index (χ1) is 12.4. The molecule has 0 aliphatic carbocycles. The van der Waals surface area contributed by atoms with Gasteiger partial charge in [-0.05, 0) is 19.1 Å². The summed E-state index contributed by atoms with van der Waals surface area (Å²) >= 11 is 0. The molecule has 0 aromatic heterocycles. The SMILES string of the molecule is Cc1ccc(C(=O)NCC(=O)OCC(=O)c2cccc([N+](=O)[O-])c2)cc1. The summed E-state index contributed by atoms with van der Waals surface area (Å²) in [5.74, 6) is -1.80. The van der Waals surface area contributed by atoms with Crippen LogP contribution in [0.4, 0.5) is 5.69 Å². The number of nitro groups is 1. The number of nitro benzene ring substituents is 1. The minimum Gasteiger partial charge on any atom is -0.456 e. The molecule has 0 radical (unpaired) electrons. The Morgan fingerprint density at radius 2 is 1.77 bits per heavy atom. The fourth-order valence-corrected chi connectivity index (χ4v) is 2.03. The number of rotatable bonds is 7. The van der Waals surface area contributed by atoms with Crippen molar-refractivity contribution < 1.29 is 24.0 Å². The van der Waals surface area contributed by atoms with Gasteiger partial charge in [0.05, 0.1) is 4.92 Å². The number of hydrogen-bond donors (Lipinski definition) is 1. The molecule has 26 heavy (non-hydrogen) atoms. The van der Waals surface area contributed by atoms with Gasteiger partial charge in [-0.2, -0.15) is 0 Å². The summed E-state index contributed by atoms with van der Waals surface area (Å²) in [6, 6.07) is 11.9.